The molecule has 1 fully saturated rings. The average molecular weight is 609 g/mol. The number of aliphatic hydroxyl groups is 1. The van der Waals surface area contributed by atoms with Crippen LogP contribution < -0.4 is 16.4 Å². The largest absolute Gasteiger partial charge is 0.392 e. The van der Waals surface area contributed by atoms with Gasteiger partial charge in [-0.1, -0.05) is 13.8 Å². The van der Waals surface area contributed by atoms with E-state index in [1.165, 1.54) is 20.4 Å². The van der Waals surface area contributed by atoms with Crippen molar-refractivity contribution in [3.05, 3.63) is 92.3 Å². The number of aliphatic hydroxyl groups excluding tert-OH is 1. The Kier molecular flexibility index (Phi) is 6.38. The summed E-state index contributed by atoms with van der Waals surface area (Å²) in [5.74, 6) is 0.960. The Hall–Kier alpha value is -4.52. The number of nitrogens with zero attached hydrogens (tertiary/aromatic N) is 7. The molecule has 1 aliphatic carbocycles. The lowest BCUT2D eigenvalue weighted by Gasteiger charge is -2.39. The molecule has 0 amide bonds. The molecule has 7 heterocycles. The highest BCUT2D eigenvalue weighted by molar-refractivity contribution is 5.73. The Balaban J connectivity index is 1.14. The molecule has 0 unspecified atom stereocenters. The second-order valence-corrected chi connectivity index (χ2v) is 13.3. The Morgan fingerprint density at radius 1 is 1.09 bits per heavy atom. The number of pyridine rings is 2. The summed E-state index contributed by atoms with van der Waals surface area (Å²) >= 11 is 0. The molecule has 12 heteroatoms. The van der Waals surface area contributed by atoms with Gasteiger partial charge < -0.3 is 24.1 Å². The molecule has 0 spiro atoms. The van der Waals surface area contributed by atoms with E-state index in [1.54, 1.807) is 37.8 Å². The standard InChI is InChI=1S/C33H36N8O4/c1-33(2)13-20-11-27-32(44)40(8-7-39(27)28(20)14-33)30-25(17-42)24(4-5-34-30)21-10-26(31(43)37(3)15-21)35-29-12-22-16-38(23-18-45-19-23)6-9-41(22)36-29/h4-5,7-8,10-12,15,23,42H,6,9,13-14,16-19H2,1-3H3,(H,35,36). The van der Waals surface area contributed by atoms with Crippen LogP contribution in [0.2, 0.25) is 0 Å². The number of aromatic nitrogens is 6. The fourth-order valence-electron chi connectivity index (χ4n) is 7.12. The van der Waals surface area contributed by atoms with Gasteiger partial charge in [0, 0.05) is 67.8 Å². The Labute approximate surface area is 259 Å². The predicted molar refractivity (Wildman–Crippen MR) is 169 cm³/mol. The molecule has 0 aromatic carbocycles. The van der Waals surface area contributed by atoms with Crippen molar-refractivity contribution in [1.82, 2.24) is 33.2 Å². The van der Waals surface area contributed by atoms with Crippen LogP contribution in [0, 0.1) is 5.41 Å². The predicted octanol–water partition coefficient (Wildman–Crippen LogP) is 2.62. The lowest BCUT2D eigenvalue weighted by molar-refractivity contribution is -0.0735. The number of ether oxygens (including phenoxy) is 1. The van der Waals surface area contributed by atoms with Crippen LogP contribution >= 0.6 is 0 Å². The van der Waals surface area contributed by atoms with Crippen molar-refractivity contribution in [2.24, 2.45) is 12.5 Å². The molecular formula is C33H36N8O4. The molecule has 2 N–H and O–H groups in total. The van der Waals surface area contributed by atoms with Gasteiger partial charge >= 0.3 is 0 Å². The van der Waals surface area contributed by atoms with E-state index in [2.05, 4.69) is 29.0 Å². The third kappa shape index (κ3) is 4.63. The average Bonchev–Trinajstić information content (AvgIpc) is 3.63. The lowest BCUT2D eigenvalue weighted by atomic mass is 9.90. The maximum absolute atomic E-state index is 13.8. The second-order valence-electron chi connectivity index (χ2n) is 13.3. The smallest absolute Gasteiger partial charge is 0.280 e. The van der Waals surface area contributed by atoms with Crippen molar-refractivity contribution in [1.29, 1.82) is 0 Å². The highest BCUT2D eigenvalue weighted by atomic mass is 16.5. The Morgan fingerprint density at radius 2 is 1.93 bits per heavy atom. The fourth-order valence-corrected chi connectivity index (χ4v) is 7.12. The lowest BCUT2D eigenvalue weighted by Crippen LogP contribution is -2.51. The van der Waals surface area contributed by atoms with Gasteiger partial charge in [0.15, 0.2) is 5.82 Å². The first kappa shape index (κ1) is 28.0. The van der Waals surface area contributed by atoms with Gasteiger partial charge in [-0.05, 0) is 47.6 Å². The molecule has 3 aliphatic rings. The molecule has 232 valence electrons. The maximum Gasteiger partial charge on any atom is 0.280 e. The normalized spacial score (nSPS) is 17.8. The Bertz CT molecular complexity index is 2100. The van der Waals surface area contributed by atoms with Crippen LogP contribution in [0.3, 0.4) is 0 Å². The van der Waals surface area contributed by atoms with Gasteiger partial charge in [-0.15, -0.1) is 0 Å². The summed E-state index contributed by atoms with van der Waals surface area (Å²) in [4.78, 5) is 34.0. The van der Waals surface area contributed by atoms with E-state index in [0.717, 1.165) is 51.4 Å². The summed E-state index contributed by atoms with van der Waals surface area (Å²) in [6.45, 7) is 8.15. The summed E-state index contributed by atoms with van der Waals surface area (Å²) in [5.41, 5.74) is 6.06. The highest BCUT2D eigenvalue weighted by Crippen LogP contribution is 2.37. The van der Waals surface area contributed by atoms with Crippen LogP contribution in [0.5, 0.6) is 0 Å². The molecule has 0 bridgehead atoms. The van der Waals surface area contributed by atoms with Crippen LogP contribution in [0.25, 0.3) is 22.5 Å². The molecule has 5 aromatic heterocycles. The van der Waals surface area contributed by atoms with Gasteiger partial charge in [-0.3, -0.25) is 23.7 Å². The van der Waals surface area contributed by atoms with Crippen molar-refractivity contribution >= 4 is 17.0 Å². The molecule has 8 rings (SSSR count). The zero-order chi connectivity index (χ0) is 31.0. The van der Waals surface area contributed by atoms with Crippen LogP contribution in [0.4, 0.5) is 11.5 Å². The first-order chi connectivity index (χ1) is 21.7. The minimum absolute atomic E-state index is 0.174. The van der Waals surface area contributed by atoms with Crippen LogP contribution in [0.1, 0.15) is 36.4 Å². The third-order valence-electron chi connectivity index (χ3n) is 9.49. The summed E-state index contributed by atoms with van der Waals surface area (Å²) in [5, 5.41) is 18.6. The number of fused-ring (bicyclic) bond motifs is 4. The van der Waals surface area contributed by atoms with Crippen molar-refractivity contribution in [2.45, 2.75) is 52.4 Å². The van der Waals surface area contributed by atoms with Crippen LogP contribution in [-0.2, 0) is 44.3 Å². The number of hydrogen-bond acceptors (Lipinski definition) is 8. The molecule has 45 heavy (non-hydrogen) atoms. The number of hydrogen-bond donors (Lipinski definition) is 2. The molecule has 12 nitrogen and oxygen atoms in total. The second kappa shape index (κ2) is 10.3. The maximum atomic E-state index is 13.8. The topological polar surface area (TPSA) is 124 Å². The van der Waals surface area contributed by atoms with Gasteiger partial charge in [0.2, 0.25) is 0 Å². The zero-order valence-electron chi connectivity index (χ0n) is 25.7. The molecule has 0 radical (unpaired) electrons. The molecule has 2 aliphatic heterocycles. The third-order valence-corrected chi connectivity index (χ3v) is 9.49. The van der Waals surface area contributed by atoms with Gasteiger partial charge in [-0.2, -0.15) is 5.10 Å². The van der Waals surface area contributed by atoms with E-state index in [0.29, 0.717) is 45.6 Å². The van der Waals surface area contributed by atoms with Crippen molar-refractivity contribution in [3.63, 3.8) is 0 Å². The van der Waals surface area contributed by atoms with Crippen molar-refractivity contribution in [2.75, 3.05) is 25.1 Å². The number of rotatable bonds is 6. The first-order valence-corrected chi connectivity index (χ1v) is 15.4. The number of nitrogens with one attached hydrogen (secondary N) is 1. The summed E-state index contributed by atoms with van der Waals surface area (Å²) in [6.07, 6.45) is 8.83. The molecule has 0 atom stereocenters. The summed E-state index contributed by atoms with van der Waals surface area (Å²) < 4.78 is 12.4. The summed E-state index contributed by atoms with van der Waals surface area (Å²) in [6, 6.07) is 7.99. The fraction of sp³-hybridized carbons (Fsp3) is 0.394. The number of aryl methyl sites for hydroxylation is 1. The first-order valence-electron chi connectivity index (χ1n) is 15.4. The SMILES string of the molecule is Cn1cc(-c2ccnc(-n3ccn4c5c(cc4c3=O)CC(C)(C)C5)c2CO)cc(Nc2cc3n(n2)CCN(C2COC2)C3)c1=O. The van der Waals surface area contributed by atoms with Gasteiger partial charge in [0.25, 0.3) is 11.1 Å². The molecule has 5 aromatic rings. The zero-order valence-corrected chi connectivity index (χ0v) is 25.7. The highest BCUT2D eigenvalue weighted by Gasteiger charge is 2.32. The van der Waals surface area contributed by atoms with Gasteiger partial charge in [-0.25, -0.2) is 4.98 Å². The molecule has 1 saturated heterocycles. The van der Waals surface area contributed by atoms with Gasteiger partial charge in [0.1, 0.15) is 17.0 Å². The van der Waals surface area contributed by atoms with E-state index >= 15 is 0 Å². The van der Waals surface area contributed by atoms with Crippen LogP contribution in [0.15, 0.2) is 58.6 Å². The van der Waals surface area contributed by atoms with E-state index in [1.807, 2.05) is 27.4 Å². The van der Waals surface area contributed by atoms with E-state index in [9.17, 15) is 14.7 Å². The minimum atomic E-state index is -0.344. The minimum Gasteiger partial charge on any atom is -0.392 e. The van der Waals surface area contributed by atoms with E-state index in [-0.39, 0.29) is 23.1 Å². The van der Waals surface area contributed by atoms with Gasteiger partial charge in [0.05, 0.1) is 38.1 Å². The summed E-state index contributed by atoms with van der Waals surface area (Å²) in [7, 11) is 1.69. The number of anilines is 2. The molecular weight excluding hydrogens is 572 g/mol. The monoisotopic (exact) mass is 608 g/mol. The quantitative estimate of drug-likeness (QED) is 0.302. The Morgan fingerprint density at radius 3 is 2.71 bits per heavy atom. The molecule has 0 saturated carbocycles. The van der Waals surface area contributed by atoms with E-state index in [4.69, 9.17) is 9.84 Å². The van der Waals surface area contributed by atoms with Crippen molar-refractivity contribution < 1.29 is 9.84 Å². The van der Waals surface area contributed by atoms with E-state index < -0.39 is 0 Å². The van der Waals surface area contributed by atoms with Crippen molar-refractivity contribution in [3.8, 4) is 16.9 Å². The van der Waals surface area contributed by atoms with Crippen LogP contribution in [-0.4, -0.2) is 64.1 Å².